The summed E-state index contributed by atoms with van der Waals surface area (Å²) < 4.78 is 0. The molecule has 2 rings (SSSR count). The van der Waals surface area contributed by atoms with Gasteiger partial charge in [-0.3, -0.25) is 0 Å². The number of hydrogen-bond donors (Lipinski definition) is 1. The van der Waals surface area contributed by atoms with Gasteiger partial charge in [-0.1, -0.05) is 20.8 Å². The maximum atomic E-state index is 3.54. The summed E-state index contributed by atoms with van der Waals surface area (Å²) in [5.41, 5.74) is 0.592. The van der Waals surface area contributed by atoms with E-state index >= 15 is 0 Å². The van der Waals surface area contributed by atoms with Gasteiger partial charge in [0.05, 0.1) is 0 Å². The van der Waals surface area contributed by atoms with Crippen molar-refractivity contribution in [3.63, 3.8) is 0 Å². The molecule has 94 valence electrons. The molecule has 1 saturated carbocycles. The Morgan fingerprint density at radius 2 is 2.12 bits per heavy atom. The van der Waals surface area contributed by atoms with E-state index in [0.29, 0.717) is 5.41 Å². The van der Waals surface area contributed by atoms with Crippen molar-refractivity contribution in [3.05, 3.63) is 0 Å². The number of nitrogens with zero attached hydrogens (tertiary/aromatic N) is 1. The Bertz CT molecular complexity index is 225. The highest BCUT2D eigenvalue weighted by Crippen LogP contribution is 2.39. The zero-order chi connectivity index (χ0) is 11.6. The number of hydrogen-bond acceptors (Lipinski definition) is 2. The lowest BCUT2D eigenvalue weighted by Gasteiger charge is -2.34. The largest absolute Gasteiger partial charge is 0.316 e. The average Bonchev–Trinajstić information content (AvgIpc) is 2.52. The van der Waals surface area contributed by atoms with Crippen LogP contribution in [0.25, 0.3) is 0 Å². The molecule has 16 heavy (non-hydrogen) atoms. The molecule has 1 heterocycles. The summed E-state index contributed by atoms with van der Waals surface area (Å²) >= 11 is 0. The molecule has 2 heteroatoms. The highest BCUT2D eigenvalue weighted by atomic mass is 15.2. The average molecular weight is 224 g/mol. The van der Waals surface area contributed by atoms with Gasteiger partial charge in [-0.2, -0.15) is 0 Å². The topological polar surface area (TPSA) is 15.3 Å². The molecule has 1 aliphatic carbocycles. The molecule has 0 spiro atoms. The molecule has 0 radical (unpaired) electrons. The second kappa shape index (κ2) is 5.05. The first-order valence-corrected chi connectivity index (χ1v) is 7.02. The molecular formula is C14H28N2. The van der Waals surface area contributed by atoms with E-state index in [-0.39, 0.29) is 0 Å². The van der Waals surface area contributed by atoms with Gasteiger partial charge in [-0.25, -0.2) is 0 Å². The van der Waals surface area contributed by atoms with Crippen LogP contribution in [-0.2, 0) is 0 Å². The van der Waals surface area contributed by atoms with E-state index in [4.69, 9.17) is 0 Å². The quantitative estimate of drug-likeness (QED) is 0.736. The van der Waals surface area contributed by atoms with Crippen molar-refractivity contribution < 1.29 is 0 Å². The predicted octanol–water partition coefficient (Wildman–Crippen LogP) is 2.50. The van der Waals surface area contributed by atoms with Gasteiger partial charge in [0.25, 0.3) is 0 Å². The summed E-state index contributed by atoms with van der Waals surface area (Å²) in [5, 5.41) is 3.54. The summed E-state index contributed by atoms with van der Waals surface area (Å²) in [4.78, 5) is 2.78. The van der Waals surface area contributed by atoms with Crippen LogP contribution in [0.3, 0.4) is 0 Å². The normalized spacial score (nSPS) is 36.9. The molecule has 2 fully saturated rings. The summed E-state index contributed by atoms with van der Waals surface area (Å²) in [6.07, 6.45) is 5.57. The van der Waals surface area contributed by atoms with Gasteiger partial charge in [0.2, 0.25) is 0 Å². The minimum absolute atomic E-state index is 0.592. The Morgan fingerprint density at radius 3 is 2.81 bits per heavy atom. The predicted molar refractivity (Wildman–Crippen MR) is 69.6 cm³/mol. The fourth-order valence-corrected chi connectivity index (χ4v) is 3.35. The van der Waals surface area contributed by atoms with E-state index in [0.717, 1.165) is 12.0 Å². The molecule has 0 aromatic carbocycles. The highest BCUT2D eigenvalue weighted by Gasteiger charge is 2.34. The molecule has 0 amide bonds. The fourth-order valence-electron chi connectivity index (χ4n) is 3.35. The summed E-state index contributed by atoms with van der Waals surface area (Å²) in [5.74, 6) is 0.809. The van der Waals surface area contributed by atoms with Crippen LogP contribution in [0.15, 0.2) is 0 Å². The molecule has 0 aromatic heterocycles. The Labute approximate surface area is 101 Å². The second-order valence-electron chi connectivity index (χ2n) is 6.72. The lowest BCUT2D eigenvalue weighted by Crippen LogP contribution is -2.43. The van der Waals surface area contributed by atoms with Crippen LogP contribution in [0.5, 0.6) is 0 Å². The van der Waals surface area contributed by atoms with Gasteiger partial charge in [0.15, 0.2) is 0 Å². The molecule has 0 aromatic rings. The first kappa shape index (κ1) is 12.4. The summed E-state index contributed by atoms with van der Waals surface area (Å²) in [6, 6.07) is 0.871. The van der Waals surface area contributed by atoms with Crippen molar-refractivity contribution in [2.24, 2.45) is 11.3 Å². The van der Waals surface area contributed by atoms with E-state index in [1.165, 1.54) is 51.9 Å². The van der Waals surface area contributed by atoms with Crippen LogP contribution in [0.2, 0.25) is 0 Å². The van der Waals surface area contributed by atoms with Gasteiger partial charge >= 0.3 is 0 Å². The van der Waals surface area contributed by atoms with Crippen molar-refractivity contribution in [1.82, 2.24) is 10.2 Å². The fraction of sp³-hybridized carbons (Fsp3) is 1.00. The van der Waals surface area contributed by atoms with E-state index in [2.05, 4.69) is 31.0 Å². The van der Waals surface area contributed by atoms with E-state index in [1.807, 2.05) is 0 Å². The molecule has 1 aliphatic heterocycles. The molecule has 1 saturated heterocycles. The first-order valence-electron chi connectivity index (χ1n) is 7.02. The second-order valence-corrected chi connectivity index (χ2v) is 6.72. The van der Waals surface area contributed by atoms with Gasteiger partial charge in [-0.15, -0.1) is 0 Å². The Balaban J connectivity index is 1.91. The van der Waals surface area contributed by atoms with Crippen molar-refractivity contribution >= 4 is 0 Å². The van der Waals surface area contributed by atoms with Crippen molar-refractivity contribution in [2.45, 2.75) is 52.5 Å². The SMILES string of the molecule is CC1CNCCCN(C2CCC(C)(C)C2)C1. The zero-order valence-corrected chi connectivity index (χ0v) is 11.3. The molecule has 2 nitrogen and oxygen atoms in total. The Kier molecular flexibility index (Phi) is 3.91. The Morgan fingerprint density at radius 1 is 1.31 bits per heavy atom. The smallest absolute Gasteiger partial charge is 0.0101 e. The van der Waals surface area contributed by atoms with Crippen LogP contribution < -0.4 is 5.32 Å². The van der Waals surface area contributed by atoms with Gasteiger partial charge < -0.3 is 10.2 Å². The maximum Gasteiger partial charge on any atom is 0.0101 e. The van der Waals surface area contributed by atoms with Crippen LogP contribution >= 0.6 is 0 Å². The lowest BCUT2D eigenvalue weighted by atomic mass is 9.91. The van der Waals surface area contributed by atoms with Crippen LogP contribution in [0, 0.1) is 11.3 Å². The first-order chi connectivity index (χ1) is 7.57. The van der Waals surface area contributed by atoms with Crippen molar-refractivity contribution in [3.8, 4) is 0 Å². The Hall–Kier alpha value is -0.0800. The third-order valence-electron chi connectivity index (χ3n) is 4.30. The van der Waals surface area contributed by atoms with Crippen molar-refractivity contribution in [2.75, 3.05) is 26.2 Å². The minimum Gasteiger partial charge on any atom is -0.316 e. The maximum absolute atomic E-state index is 3.54. The van der Waals surface area contributed by atoms with Gasteiger partial charge in [0.1, 0.15) is 0 Å². The standard InChI is InChI=1S/C14H28N2/c1-12-10-15-7-4-8-16(11-12)13-5-6-14(2,3)9-13/h12-13,15H,4-11H2,1-3H3. The zero-order valence-electron chi connectivity index (χ0n) is 11.3. The van der Waals surface area contributed by atoms with E-state index < -0.39 is 0 Å². The molecule has 1 N–H and O–H groups in total. The monoisotopic (exact) mass is 224 g/mol. The van der Waals surface area contributed by atoms with Gasteiger partial charge in [-0.05, 0) is 56.7 Å². The van der Waals surface area contributed by atoms with Crippen LogP contribution in [0.1, 0.15) is 46.5 Å². The third kappa shape index (κ3) is 3.21. The molecular weight excluding hydrogens is 196 g/mol. The van der Waals surface area contributed by atoms with Crippen LogP contribution in [-0.4, -0.2) is 37.1 Å². The number of nitrogens with one attached hydrogen (secondary N) is 1. The van der Waals surface area contributed by atoms with Crippen LogP contribution in [0.4, 0.5) is 0 Å². The molecule has 2 atom stereocenters. The lowest BCUT2D eigenvalue weighted by molar-refractivity contribution is 0.150. The third-order valence-corrected chi connectivity index (χ3v) is 4.30. The van der Waals surface area contributed by atoms with E-state index in [1.54, 1.807) is 0 Å². The minimum atomic E-state index is 0.592. The number of rotatable bonds is 1. The highest BCUT2D eigenvalue weighted by molar-refractivity contribution is 4.89. The summed E-state index contributed by atoms with van der Waals surface area (Å²) in [7, 11) is 0. The molecule has 0 bridgehead atoms. The molecule has 2 unspecified atom stereocenters. The molecule has 2 aliphatic rings. The van der Waals surface area contributed by atoms with Crippen molar-refractivity contribution in [1.29, 1.82) is 0 Å². The van der Waals surface area contributed by atoms with Gasteiger partial charge in [0, 0.05) is 12.6 Å². The summed E-state index contributed by atoms with van der Waals surface area (Å²) in [6.45, 7) is 12.3. The van der Waals surface area contributed by atoms with E-state index in [9.17, 15) is 0 Å².